The fraction of sp³-hybridized carbons (Fsp3) is 0.556. The van der Waals surface area contributed by atoms with Crippen molar-refractivity contribution in [2.45, 2.75) is 12.5 Å². The molecule has 94 valence electrons. The van der Waals surface area contributed by atoms with Gasteiger partial charge in [0.1, 0.15) is 0 Å². The molecule has 1 heterocycles. The van der Waals surface area contributed by atoms with Crippen molar-refractivity contribution in [3.63, 3.8) is 0 Å². The van der Waals surface area contributed by atoms with Crippen LogP contribution in [0.1, 0.15) is 6.42 Å². The summed E-state index contributed by atoms with van der Waals surface area (Å²) in [5, 5.41) is 8.67. The molecule has 17 heavy (non-hydrogen) atoms. The number of rotatable bonds is 5. The lowest BCUT2D eigenvalue weighted by Crippen LogP contribution is -2.47. The number of imide groups is 1. The Morgan fingerprint density at radius 2 is 2.06 bits per heavy atom. The molecule has 1 aliphatic heterocycles. The second-order valence-electron chi connectivity index (χ2n) is 3.78. The zero-order valence-corrected chi connectivity index (χ0v) is 9.25. The number of hydrogen-bond donors (Lipinski definition) is 2. The molecule has 8 heteroatoms. The second kappa shape index (κ2) is 4.91. The average molecular weight is 243 g/mol. The summed E-state index contributed by atoms with van der Waals surface area (Å²) in [4.78, 5) is 46.3. The number of aliphatic carboxylic acids is 1. The Bertz CT molecular complexity index is 365. The molecule has 1 rings (SSSR count). The third kappa shape index (κ3) is 3.00. The van der Waals surface area contributed by atoms with Crippen LogP contribution in [0.25, 0.3) is 0 Å². The smallest absolute Gasteiger partial charge is 0.317 e. The van der Waals surface area contributed by atoms with Crippen molar-refractivity contribution in [3.8, 4) is 0 Å². The van der Waals surface area contributed by atoms with E-state index in [0.717, 1.165) is 9.80 Å². The summed E-state index contributed by atoms with van der Waals surface area (Å²) in [6.07, 6.45) is -0.129. The van der Waals surface area contributed by atoms with Crippen LogP contribution in [0.3, 0.4) is 0 Å². The van der Waals surface area contributed by atoms with E-state index in [4.69, 9.17) is 10.8 Å². The predicted octanol–water partition coefficient (Wildman–Crippen LogP) is -2.38. The summed E-state index contributed by atoms with van der Waals surface area (Å²) in [5.74, 6) is -2.86. The topological polar surface area (TPSA) is 121 Å². The van der Waals surface area contributed by atoms with E-state index in [9.17, 15) is 19.2 Å². The van der Waals surface area contributed by atoms with Crippen LogP contribution < -0.4 is 5.73 Å². The van der Waals surface area contributed by atoms with E-state index in [-0.39, 0.29) is 13.0 Å². The normalized spacial score (nSPS) is 20.1. The van der Waals surface area contributed by atoms with Crippen LogP contribution in [0.2, 0.25) is 0 Å². The molecule has 0 aliphatic carbocycles. The molecule has 0 bridgehead atoms. The molecule has 3 N–H and O–H groups in total. The molecule has 8 nitrogen and oxygen atoms in total. The number of carbonyl (C=O) groups excluding carboxylic acids is 3. The van der Waals surface area contributed by atoms with Gasteiger partial charge in [-0.3, -0.25) is 29.0 Å². The molecule has 0 aromatic rings. The Morgan fingerprint density at radius 1 is 1.47 bits per heavy atom. The van der Waals surface area contributed by atoms with Crippen LogP contribution in [0.5, 0.6) is 0 Å². The molecule has 0 radical (unpaired) electrons. The molecule has 1 fully saturated rings. The maximum atomic E-state index is 11.6. The number of nitrogens with zero attached hydrogens (tertiary/aromatic N) is 2. The van der Waals surface area contributed by atoms with E-state index in [1.807, 2.05) is 0 Å². The maximum Gasteiger partial charge on any atom is 0.317 e. The predicted molar refractivity (Wildman–Crippen MR) is 54.6 cm³/mol. The Hall–Kier alpha value is -1.96. The van der Waals surface area contributed by atoms with Crippen molar-refractivity contribution in [2.75, 3.05) is 20.1 Å². The summed E-state index contributed by atoms with van der Waals surface area (Å²) in [6.45, 7) is -0.885. The standard InChI is InChI=1S/C9H13N3O5/c1-11-7(14)2-5(9(11)17)12(3-6(10)13)4-8(15)16/h5H,2-4H2,1H3,(H2,10,13)(H,15,16). The summed E-state index contributed by atoms with van der Waals surface area (Å²) in [5.41, 5.74) is 4.97. The Balaban J connectivity index is 2.83. The summed E-state index contributed by atoms with van der Waals surface area (Å²) < 4.78 is 0. The van der Waals surface area contributed by atoms with Gasteiger partial charge in [0, 0.05) is 7.05 Å². The van der Waals surface area contributed by atoms with Gasteiger partial charge in [0.15, 0.2) is 0 Å². The highest BCUT2D eigenvalue weighted by molar-refractivity contribution is 6.05. The van der Waals surface area contributed by atoms with Gasteiger partial charge in [0.05, 0.1) is 25.6 Å². The third-order valence-electron chi connectivity index (χ3n) is 2.50. The van der Waals surface area contributed by atoms with Crippen LogP contribution in [0, 0.1) is 0 Å². The quantitative estimate of drug-likeness (QED) is 0.520. The Kier molecular flexibility index (Phi) is 3.79. The first-order valence-electron chi connectivity index (χ1n) is 4.87. The van der Waals surface area contributed by atoms with E-state index in [0.29, 0.717) is 0 Å². The van der Waals surface area contributed by atoms with Crippen LogP contribution in [-0.4, -0.2) is 64.8 Å². The first-order chi connectivity index (χ1) is 7.82. The highest BCUT2D eigenvalue weighted by atomic mass is 16.4. The zero-order valence-electron chi connectivity index (χ0n) is 9.25. The first kappa shape index (κ1) is 13.1. The molecular weight excluding hydrogens is 230 g/mol. The summed E-state index contributed by atoms with van der Waals surface area (Å²) >= 11 is 0. The van der Waals surface area contributed by atoms with Gasteiger partial charge < -0.3 is 10.8 Å². The van der Waals surface area contributed by atoms with Gasteiger partial charge in [-0.2, -0.15) is 0 Å². The van der Waals surface area contributed by atoms with Gasteiger partial charge in [-0.1, -0.05) is 0 Å². The van der Waals surface area contributed by atoms with Gasteiger partial charge in [0.2, 0.25) is 17.7 Å². The van der Waals surface area contributed by atoms with E-state index in [1.165, 1.54) is 7.05 Å². The van der Waals surface area contributed by atoms with E-state index in [2.05, 4.69) is 0 Å². The van der Waals surface area contributed by atoms with Crippen molar-refractivity contribution in [3.05, 3.63) is 0 Å². The van der Waals surface area contributed by atoms with Crippen molar-refractivity contribution < 1.29 is 24.3 Å². The fourth-order valence-electron chi connectivity index (χ4n) is 1.67. The monoisotopic (exact) mass is 243 g/mol. The highest BCUT2D eigenvalue weighted by Crippen LogP contribution is 2.16. The molecule has 1 aliphatic rings. The number of carboxylic acids is 1. The molecule has 0 aromatic heterocycles. The van der Waals surface area contributed by atoms with Crippen LogP contribution in [-0.2, 0) is 19.2 Å². The van der Waals surface area contributed by atoms with Crippen molar-refractivity contribution in [1.29, 1.82) is 0 Å². The molecule has 0 saturated carbocycles. The molecule has 0 aromatic carbocycles. The van der Waals surface area contributed by atoms with Gasteiger partial charge >= 0.3 is 5.97 Å². The SMILES string of the molecule is CN1C(=O)CC(N(CC(N)=O)CC(=O)O)C1=O. The first-order valence-corrected chi connectivity index (χ1v) is 4.87. The number of carbonyl (C=O) groups is 4. The van der Waals surface area contributed by atoms with Gasteiger partial charge in [0.25, 0.3) is 0 Å². The fourth-order valence-corrected chi connectivity index (χ4v) is 1.67. The van der Waals surface area contributed by atoms with Crippen molar-refractivity contribution in [2.24, 2.45) is 5.73 Å². The zero-order chi connectivity index (χ0) is 13.2. The lowest BCUT2D eigenvalue weighted by atomic mass is 10.2. The van der Waals surface area contributed by atoms with E-state index in [1.54, 1.807) is 0 Å². The van der Waals surface area contributed by atoms with Crippen LogP contribution in [0.15, 0.2) is 0 Å². The second-order valence-corrected chi connectivity index (χ2v) is 3.78. The molecule has 3 amide bonds. The number of likely N-dealkylation sites (tertiary alicyclic amines) is 1. The van der Waals surface area contributed by atoms with Crippen molar-refractivity contribution >= 4 is 23.7 Å². The number of amides is 3. The Labute approximate surface area is 97.0 Å². The number of likely N-dealkylation sites (N-methyl/N-ethyl adjacent to an activating group) is 1. The maximum absolute atomic E-state index is 11.6. The lowest BCUT2D eigenvalue weighted by molar-refractivity contribution is -0.141. The average Bonchev–Trinajstić information content (AvgIpc) is 2.43. The van der Waals surface area contributed by atoms with Crippen LogP contribution in [0.4, 0.5) is 0 Å². The molecule has 1 saturated heterocycles. The van der Waals surface area contributed by atoms with Crippen molar-refractivity contribution in [1.82, 2.24) is 9.80 Å². The number of hydrogen-bond acceptors (Lipinski definition) is 5. The molecule has 0 spiro atoms. The Morgan fingerprint density at radius 3 is 2.41 bits per heavy atom. The van der Waals surface area contributed by atoms with Gasteiger partial charge in [-0.05, 0) is 0 Å². The number of carboxylic acid groups (broad SMARTS) is 1. The molecule has 1 unspecified atom stereocenters. The van der Waals surface area contributed by atoms with Gasteiger partial charge in [-0.25, -0.2) is 0 Å². The summed E-state index contributed by atoms with van der Waals surface area (Å²) in [6, 6.07) is -0.920. The van der Waals surface area contributed by atoms with E-state index < -0.39 is 36.3 Å². The number of nitrogens with two attached hydrogens (primary N) is 1. The van der Waals surface area contributed by atoms with E-state index >= 15 is 0 Å². The molecular formula is C9H13N3O5. The summed E-state index contributed by atoms with van der Waals surface area (Å²) in [7, 11) is 1.31. The largest absolute Gasteiger partial charge is 0.480 e. The minimum Gasteiger partial charge on any atom is -0.480 e. The van der Waals surface area contributed by atoms with Gasteiger partial charge in [-0.15, -0.1) is 0 Å². The minimum atomic E-state index is -1.19. The number of primary amides is 1. The molecule has 1 atom stereocenters. The highest BCUT2D eigenvalue weighted by Gasteiger charge is 2.40. The third-order valence-corrected chi connectivity index (χ3v) is 2.50. The minimum absolute atomic E-state index is 0.129. The van der Waals surface area contributed by atoms with Crippen LogP contribution >= 0.6 is 0 Å². The lowest BCUT2D eigenvalue weighted by Gasteiger charge is -2.23.